The van der Waals surface area contributed by atoms with Crippen LogP contribution >= 0.6 is 0 Å². The van der Waals surface area contributed by atoms with Crippen LogP contribution in [0.25, 0.3) is 0 Å². The van der Waals surface area contributed by atoms with Crippen molar-refractivity contribution in [3.8, 4) is 0 Å². The van der Waals surface area contributed by atoms with Crippen LogP contribution in [-0.2, 0) is 14.3 Å². The Bertz CT molecular complexity index is 488. The van der Waals surface area contributed by atoms with Crippen LogP contribution in [0.2, 0.25) is 0 Å². The highest BCUT2D eigenvalue weighted by molar-refractivity contribution is 5.84. The van der Waals surface area contributed by atoms with Crippen molar-refractivity contribution in [3.05, 3.63) is 0 Å². The molecule has 1 aliphatic carbocycles. The Hall–Kier alpha value is -1.38. The lowest BCUT2D eigenvalue weighted by Gasteiger charge is -2.42. The van der Waals surface area contributed by atoms with E-state index in [4.69, 9.17) is 9.47 Å². The van der Waals surface area contributed by atoms with E-state index in [9.17, 15) is 4.79 Å². The van der Waals surface area contributed by atoms with Gasteiger partial charge in [0.15, 0.2) is 5.96 Å². The Labute approximate surface area is 170 Å². The van der Waals surface area contributed by atoms with Crippen molar-refractivity contribution < 1.29 is 14.3 Å². The van der Waals surface area contributed by atoms with E-state index in [1.165, 1.54) is 19.3 Å². The van der Waals surface area contributed by atoms with Crippen molar-refractivity contribution >= 4 is 11.9 Å². The molecule has 2 rings (SSSR count). The molecule has 0 unspecified atom stereocenters. The average molecular weight is 398 g/mol. The third kappa shape index (κ3) is 7.93. The molecular weight excluding hydrogens is 358 g/mol. The maximum absolute atomic E-state index is 11.9. The van der Waals surface area contributed by atoms with Crippen LogP contribution in [0.1, 0.15) is 32.1 Å². The number of likely N-dealkylation sites (N-methyl/N-ethyl adjacent to an activating group) is 1. The van der Waals surface area contributed by atoms with Crippen molar-refractivity contribution in [1.82, 2.24) is 20.4 Å². The molecule has 0 aromatic heterocycles. The molecule has 8 heteroatoms. The number of aliphatic imine (C=N–C) groups is 1. The summed E-state index contributed by atoms with van der Waals surface area (Å²) in [6, 6.07) is 0. The topological polar surface area (TPSA) is 78.4 Å². The molecule has 0 bridgehead atoms. The zero-order valence-electron chi connectivity index (χ0n) is 18.0. The van der Waals surface area contributed by atoms with Gasteiger partial charge in [0.05, 0.1) is 13.2 Å². The molecule has 0 radical (unpaired) electrons. The molecule has 1 aliphatic heterocycles. The van der Waals surface area contributed by atoms with Gasteiger partial charge in [-0.2, -0.15) is 0 Å². The number of hydrogen-bond acceptors (Lipinski definition) is 5. The number of rotatable bonds is 11. The molecule has 2 N–H and O–H groups in total. The molecule has 1 saturated heterocycles. The Morgan fingerprint density at radius 3 is 2.61 bits per heavy atom. The summed E-state index contributed by atoms with van der Waals surface area (Å²) in [5, 5.41) is 6.89. The third-order valence-electron chi connectivity index (χ3n) is 5.80. The summed E-state index contributed by atoms with van der Waals surface area (Å²) in [7, 11) is 5.28. The second-order valence-electron chi connectivity index (χ2n) is 8.14. The van der Waals surface area contributed by atoms with E-state index in [1.807, 2.05) is 0 Å². The molecular formula is C20H39N5O3. The van der Waals surface area contributed by atoms with E-state index in [2.05, 4.69) is 20.5 Å². The van der Waals surface area contributed by atoms with E-state index < -0.39 is 0 Å². The highest BCUT2D eigenvalue weighted by Gasteiger charge is 2.36. The van der Waals surface area contributed by atoms with Crippen LogP contribution in [0.4, 0.5) is 0 Å². The number of methoxy groups -OCH3 is 1. The fraction of sp³-hybridized carbons (Fsp3) is 0.900. The van der Waals surface area contributed by atoms with Crippen molar-refractivity contribution in [1.29, 1.82) is 0 Å². The minimum atomic E-state index is 0.00663. The highest BCUT2D eigenvalue weighted by Crippen LogP contribution is 2.43. The standard InChI is InChI=1S/C20H39N5O3/c1-24(2)18(26)16-22-19(21-9-5-10-25-11-14-28-15-12-25)23-17-20(6-4-7-20)8-13-27-3/h4-17H2,1-3H3,(H2,21,22,23). The number of guanidine groups is 1. The van der Waals surface area contributed by atoms with Gasteiger partial charge in [0, 0.05) is 54.0 Å². The molecule has 1 amide bonds. The normalized spacial score (nSPS) is 19.8. The van der Waals surface area contributed by atoms with E-state index >= 15 is 0 Å². The molecule has 1 heterocycles. The van der Waals surface area contributed by atoms with Crippen LogP contribution in [0.3, 0.4) is 0 Å². The van der Waals surface area contributed by atoms with Crippen LogP contribution < -0.4 is 10.6 Å². The number of amides is 1. The zero-order chi connectivity index (χ0) is 20.2. The van der Waals surface area contributed by atoms with Gasteiger partial charge in [-0.15, -0.1) is 0 Å². The molecule has 0 spiro atoms. The van der Waals surface area contributed by atoms with Crippen LogP contribution in [0.15, 0.2) is 4.99 Å². The summed E-state index contributed by atoms with van der Waals surface area (Å²) in [6.45, 7) is 7.41. The molecule has 0 aromatic rings. The SMILES string of the molecule is COCCC1(CNC(=NCC(=O)N(C)C)NCCCN2CCOCC2)CCC1. The van der Waals surface area contributed by atoms with Gasteiger partial charge in [0.25, 0.3) is 0 Å². The first kappa shape index (κ1) is 22.9. The minimum Gasteiger partial charge on any atom is -0.385 e. The van der Waals surface area contributed by atoms with E-state index in [1.54, 1.807) is 26.1 Å². The second kappa shape index (κ2) is 12.2. The maximum atomic E-state index is 11.9. The Morgan fingerprint density at radius 1 is 1.25 bits per heavy atom. The molecule has 28 heavy (non-hydrogen) atoms. The summed E-state index contributed by atoms with van der Waals surface area (Å²) < 4.78 is 10.7. The first-order valence-corrected chi connectivity index (χ1v) is 10.6. The van der Waals surface area contributed by atoms with Gasteiger partial charge in [0.1, 0.15) is 6.54 Å². The predicted octanol–water partition coefficient (Wildman–Crippen LogP) is 0.539. The quantitative estimate of drug-likeness (QED) is 0.301. The van der Waals surface area contributed by atoms with Gasteiger partial charge in [-0.3, -0.25) is 9.69 Å². The summed E-state index contributed by atoms with van der Waals surface area (Å²) in [5.74, 6) is 0.744. The molecule has 2 aliphatic rings. The largest absolute Gasteiger partial charge is 0.385 e. The molecule has 2 fully saturated rings. The molecule has 8 nitrogen and oxygen atoms in total. The van der Waals surface area contributed by atoms with E-state index in [0.29, 0.717) is 5.41 Å². The summed E-state index contributed by atoms with van der Waals surface area (Å²) in [5.41, 5.74) is 0.303. The number of carbonyl (C=O) groups excluding carboxylic acids is 1. The van der Waals surface area contributed by atoms with E-state index in [0.717, 1.165) is 71.3 Å². The molecule has 162 valence electrons. The van der Waals surface area contributed by atoms with Gasteiger partial charge in [0.2, 0.25) is 5.91 Å². The van der Waals surface area contributed by atoms with Crippen LogP contribution in [0, 0.1) is 5.41 Å². The van der Waals surface area contributed by atoms with E-state index in [-0.39, 0.29) is 12.5 Å². The smallest absolute Gasteiger partial charge is 0.243 e. The number of ether oxygens (including phenoxy) is 2. The predicted molar refractivity (Wildman–Crippen MR) is 112 cm³/mol. The molecule has 0 aromatic carbocycles. The number of nitrogens with one attached hydrogen (secondary N) is 2. The number of hydrogen-bond donors (Lipinski definition) is 2. The Morgan fingerprint density at radius 2 is 2.00 bits per heavy atom. The highest BCUT2D eigenvalue weighted by atomic mass is 16.5. The van der Waals surface area contributed by atoms with Gasteiger partial charge in [-0.1, -0.05) is 6.42 Å². The number of carbonyl (C=O) groups is 1. The average Bonchev–Trinajstić information content (AvgIpc) is 2.67. The lowest BCUT2D eigenvalue weighted by Crippen LogP contribution is -2.47. The maximum Gasteiger partial charge on any atom is 0.243 e. The van der Waals surface area contributed by atoms with Crippen LogP contribution in [0.5, 0.6) is 0 Å². The lowest BCUT2D eigenvalue weighted by molar-refractivity contribution is -0.127. The molecule has 0 atom stereocenters. The lowest BCUT2D eigenvalue weighted by atomic mass is 9.67. The first-order chi connectivity index (χ1) is 13.5. The Kier molecular flexibility index (Phi) is 10.0. The summed E-state index contributed by atoms with van der Waals surface area (Å²) >= 11 is 0. The second-order valence-corrected chi connectivity index (χ2v) is 8.14. The zero-order valence-corrected chi connectivity index (χ0v) is 18.0. The molecule has 1 saturated carbocycles. The first-order valence-electron chi connectivity index (χ1n) is 10.6. The van der Waals surface area contributed by atoms with Crippen molar-refractivity contribution in [3.63, 3.8) is 0 Å². The summed E-state index contributed by atoms with van der Waals surface area (Å²) in [6.07, 6.45) is 5.84. The van der Waals surface area contributed by atoms with Crippen LogP contribution in [-0.4, -0.2) is 102 Å². The summed E-state index contributed by atoms with van der Waals surface area (Å²) in [4.78, 5) is 20.4. The Balaban J connectivity index is 1.79. The fourth-order valence-corrected chi connectivity index (χ4v) is 3.58. The van der Waals surface area contributed by atoms with Crippen molar-refractivity contribution in [2.45, 2.75) is 32.1 Å². The van der Waals surface area contributed by atoms with Crippen molar-refractivity contribution in [2.75, 3.05) is 80.3 Å². The number of morpholine rings is 1. The third-order valence-corrected chi connectivity index (χ3v) is 5.80. The minimum absolute atomic E-state index is 0.00663. The van der Waals surface area contributed by atoms with Crippen molar-refractivity contribution in [2.24, 2.45) is 10.4 Å². The van der Waals surface area contributed by atoms with Gasteiger partial charge in [-0.05, 0) is 37.6 Å². The van der Waals surface area contributed by atoms with Gasteiger partial charge < -0.3 is 25.0 Å². The fourth-order valence-electron chi connectivity index (χ4n) is 3.58. The monoisotopic (exact) mass is 397 g/mol. The van der Waals surface area contributed by atoms with Gasteiger partial charge >= 0.3 is 0 Å². The van der Waals surface area contributed by atoms with Gasteiger partial charge in [-0.25, -0.2) is 4.99 Å². The number of nitrogens with zero attached hydrogens (tertiary/aromatic N) is 3.